The van der Waals surface area contributed by atoms with Gasteiger partial charge in [-0.1, -0.05) is 17.7 Å². The summed E-state index contributed by atoms with van der Waals surface area (Å²) in [4.78, 5) is 30.3. The summed E-state index contributed by atoms with van der Waals surface area (Å²) in [5.41, 5.74) is 4.74. The van der Waals surface area contributed by atoms with Crippen LogP contribution in [0.3, 0.4) is 0 Å². The van der Waals surface area contributed by atoms with E-state index in [1.54, 1.807) is 6.07 Å². The molecule has 3 aliphatic heterocycles. The number of aryl methyl sites for hydroxylation is 2. The fourth-order valence-electron chi connectivity index (χ4n) is 5.03. The predicted octanol–water partition coefficient (Wildman–Crippen LogP) is 2.38. The molecule has 6 heteroatoms. The van der Waals surface area contributed by atoms with Gasteiger partial charge in [-0.2, -0.15) is 0 Å². The number of hydrogen-bond acceptors (Lipinski definition) is 3. The third-order valence-corrected chi connectivity index (χ3v) is 6.41. The Morgan fingerprint density at radius 1 is 1.21 bits per heavy atom. The summed E-state index contributed by atoms with van der Waals surface area (Å²) >= 11 is 0. The van der Waals surface area contributed by atoms with Gasteiger partial charge in [0.05, 0.1) is 5.56 Å². The summed E-state index contributed by atoms with van der Waals surface area (Å²) in [6.45, 7) is 5.51. The number of hydrogen-bond donors (Lipinski definition) is 1. The number of nitrogens with one attached hydrogen (secondary N) is 1. The number of amides is 2. The van der Waals surface area contributed by atoms with Crippen molar-refractivity contribution >= 4 is 17.5 Å². The third kappa shape index (κ3) is 2.66. The second-order valence-electron chi connectivity index (χ2n) is 8.38. The summed E-state index contributed by atoms with van der Waals surface area (Å²) in [5, 5.41) is 2.90. The number of likely N-dealkylation sites (N-methyl/N-ethyl adjacent to an activating group) is 1. The van der Waals surface area contributed by atoms with E-state index in [-0.39, 0.29) is 17.9 Å². The summed E-state index contributed by atoms with van der Waals surface area (Å²) in [6.07, 6.45) is 3.71. The number of piperidine rings is 1. The van der Waals surface area contributed by atoms with Crippen molar-refractivity contribution in [1.29, 1.82) is 0 Å². The third-order valence-electron chi connectivity index (χ3n) is 6.41. The highest BCUT2D eigenvalue weighted by atomic mass is 16.2. The molecule has 1 saturated heterocycles. The maximum Gasteiger partial charge on any atom is 0.267 e. The highest BCUT2D eigenvalue weighted by molar-refractivity contribution is 6.09. The molecule has 1 fully saturated rings. The molecule has 0 radical (unpaired) electrons. The Morgan fingerprint density at radius 2 is 2.07 bits per heavy atom. The van der Waals surface area contributed by atoms with Crippen molar-refractivity contribution in [2.45, 2.75) is 38.3 Å². The van der Waals surface area contributed by atoms with Crippen molar-refractivity contribution in [2.75, 3.05) is 31.6 Å². The number of fused-ring (bicyclic) bond motifs is 4. The standard InChI is InChI=1S/C22H26N4O2/c1-14-4-5-18-16(10-14)17-13-24(2)9-6-19(17)26(18)22(28)15-11-20-21(27)23-7-3-8-25(20)12-15/h4-5,10-12,17,19H,3,6-9,13H2,1-2H3,(H,23,27)/t17-,19-/m1/s1. The Morgan fingerprint density at radius 3 is 2.93 bits per heavy atom. The van der Waals surface area contributed by atoms with E-state index >= 15 is 0 Å². The molecule has 28 heavy (non-hydrogen) atoms. The zero-order valence-electron chi connectivity index (χ0n) is 16.4. The number of aromatic nitrogens is 1. The normalized spacial score (nSPS) is 24.2. The molecule has 146 valence electrons. The van der Waals surface area contributed by atoms with Crippen LogP contribution in [-0.4, -0.2) is 54.0 Å². The van der Waals surface area contributed by atoms with Gasteiger partial charge in [-0.25, -0.2) is 0 Å². The largest absolute Gasteiger partial charge is 0.351 e. The van der Waals surface area contributed by atoms with Crippen LogP contribution in [0.5, 0.6) is 0 Å². The highest BCUT2D eigenvalue weighted by Gasteiger charge is 2.44. The van der Waals surface area contributed by atoms with Gasteiger partial charge in [-0.3, -0.25) is 9.59 Å². The SMILES string of the molecule is Cc1ccc2c(c1)[C@H]1CN(C)CC[C@H]1N2C(=O)c1cc2n(c1)CCCNC2=O. The van der Waals surface area contributed by atoms with Gasteiger partial charge >= 0.3 is 0 Å². The number of carbonyl (C=O) groups excluding carboxylic acids is 2. The Hall–Kier alpha value is -2.60. The lowest BCUT2D eigenvalue weighted by Gasteiger charge is -2.36. The average molecular weight is 378 g/mol. The minimum atomic E-state index is -0.0915. The zero-order valence-corrected chi connectivity index (χ0v) is 16.4. The molecule has 0 saturated carbocycles. The lowest BCUT2D eigenvalue weighted by Crippen LogP contribution is -2.47. The van der Waals surface area contributed by atoms with Crippen molar-refractivity contribution in [3.8, 4) is 0 Å². The molecule has 2 atom stereocenters. The number of nitrogens with zero attached hydrogens (tertiary/aromatic N) is 3. The molecule has 1 aromatic carbocycles. The highest BCUT2D eigenvalue weighted by Crippen LogP contribution is 2.45. The molecular formula is C22H26N4O2. The first kappa shape index (κ1) is 17.5. The fraction of sp³-hybridized carbons (Fsp3) is 0.455. The summed E-state index contributed by atoms with van der Waals surface area (Å²) < 4.78 is 1.92. The lowest BCUT2D eigenvalue weighted by atomic mass is 9.89. The molecule has 1 aromatic heterocycles. The van der Waals surface area contributed by atoms with Gasteiger partial charge in [0.2, 0.25) is 0 Å². The second kappa shape index (κ2) is 6.48. The van der Waals surface area contributed by atoms with Crippen molar-refractivity contribution in [2.24, 2.45) is 0 Å². The monoisotopic (exact) mass is 378 g/mol. The number of benzene rings is 1. The minimum absolute atomic E-state index is 0.00975. The van der Waals surface area contributed by atoms with Gasteiger partial charge in [-0.05, 0) is 51.1 Å². The van der Waals surface area contributed by atoms with Gasteiger partial charge < -0.3 is 19.7 Å². The smallest absolute Gasteiger partial charge is 0.267 e. The summed E-state index contributed by atoms with van der Waals surface area (Å²) in [5.74, 6) is 0.267. The summed E-state index contributed by atoms with van der Waals surface area (Å²) in [6, 6.07) is 8.37. The van der Waals surface area contributed by atoms with Gasteiger partial charge in [0.25, 0.3) is 11.8 Å². The van der Waals surface area contributed by atoms with Crippen LogP contribution in [0.4, 0.5) is 5.69 Å². The molecular weight excluding hydrogens is 352 g/mol. The van der Waals surface area contributed by atoms with E-state index in [0.717, 1.165) is 38.2 Å². The van der Waals surface area contributed by atoms with Gasteiger partial charge in [0.15, 0.2) is 0 Å². The first-order valence-electron chi connectivity index (χ1n) is 10.1. The molecule has 1 N–H and O–H groups in total. The Bertz CT molecular complexity index is 963. The van der Waals surface area contributed by atoms with E-state index < -0.39 is 0 Å². The quantitative estimate of drug-likeness (QED) is 0.829. The van der Waals surface area contributed by atoms with Gasteiger partial charge in [-0.15, -0.1) is 0 Å². The van der Waals surface area contributed by atoms with E-state index in [1.165, 1.54) is 11.1 Å². The fourth-order valence-corrected chi connectivity index (χ4v) is 5.03. The van der Waals surface area contributed by atoms with Crippen LogP contribution in [0.25, 0.3) is 0 Å². The van der Waals surface area contributed by atoms with E-state index in [1.807, 2.05) is 15.7 Å². The molecule has 2 amide bonds. The van der Waals surface area contributed by atoms with E-state index in [4.69, 9.17) is 0 Å². The van der Waals surface area contributed by atoms with Crippen LogP contribution in [0.15, 0.2) is 30.5 Å². The average Bonchev–Trinajstić information content (AvgIpc) is 3.19. The number of carbonyl (C=O) groups is 2. The first-order chi connectivity index (χ1) is 13.5. The van der Waals surface area contributed by atoms with Crippen molar-refractivity contribution < 1.29 is 9.59 Å². The predicted molar refractivity (Wildman–Crippen MR) is 108 cm³/mol. The Balaban J connectivity index is 1.55. The summed E-state index contributed by atoms with van der Waals surface area (Å²) in [7, 11) is 2.15. The molecule has 5 rings (SSSR count). The van der Waals surface area contributed by atoms with Crippen LogP contribution < -0.4 is 10.2 Å². The van der Waals surface area contributed by atoms with Crippen molar-refractivity contribution in [3.05, 3.63) is 52.8 Å². The van der Waals surface area contributed by atoms with E-state index in [0.29, 0.717) is 23.7 Å². The Labute approximate surface area is 165 Å². The van der Waals surface area contributed by atoms with Crippen LogP contribution in [-0.2, 0) is 6.54 Å². The molecule has 2 aromatic rings. The Kier molecular flexibility index (Phi) is 4.05. The number of anilines is 1. The molecule has 6 nitrogen and oxygen atoms in total. The van der Waals surface area contributed by atoms with E-state index in [2.05, 4.69) is 42.4 Å². The maximum absolute atomic E-state index is 13.6. The molecule has 0 bridgehead atoms. The second-order valence-corrected chi connectivity index (χ2v) is 8.38. The van der Waals surface area contributed by atoms with Gasteiger partial charge in [0.1, 0.15) is 5.69 Å². The van der Waals surface area contributed by atoms with Crippen LogP contribution >= 0.6 is 0 Å². The molecule has 0 aliphatic carbocycles. The van der Waals surface area contributed by atoms with Crippen molar-refractivity contribution in [3.63, 3.8) is 0 Å². The molecule has 4 heterocycles. The molecule has 0 spiro atoms. The van der Waals surface area contributed by atoms with Crippen molar-refractivity contribution in [1.82, 2.24) is 14.8 Å². The van der Waals surface area contributed by atoms with Crippen LogP contribution in [0.1, 0.15) is 50.7 Å². The number of rotatable bonds is 1. The maximum atomic E-state index is 13.6. The first-order valence-corrected chi connectivity index (χ1v) is 10.1. The molecule has 3 aliphatic rings. The minimum Gasteiger partial charge on any atom is -0.351 e. The lowest BCUT2D eigenvalue weighted by molar-refractivity contribution is 0.0950. The number of likely N-dealkylation sites (tertiary alicyclic amines) is 1. The molecule has 0 unspecified atom stereocenters. The van der Waals surface area contributed by atoms with Crippen LogP contribution in [0.2, 0.25) is 0 Å². The topological polar surface area (TPSA) is 57.6 Å². The van der Waals surface area contributed by atoms with Gasteiger partial charge in [0, 0.05) is 43.5 Å². The zero-order chi connectivity index (χ0) is 19.4. The van der Waals surface area contributed by atoms with E-state index in [9.17, 15) is 9.59 Å². The van der Waals surface area contributed by atoms with Crippen LogP contribution in [0, 0.1) is 6.92 Å².